The van der Waals surface area contributed by atoms with Gasteiger partial charge in [0, 0.05) is 11.6 Å². The van der Waals surface area contributed by atoms with Gasteiger partial charge in [0.05, 0.1) is 18.0 Å². The van der Waals surface area contributed by atoms with E-state index in [-0.39, 0.29) is 18.1 Å². The van der Waals surface area contributed by atoms with Crippen LogP contribution in [0.3, 0.4) is 0 Å². The topological polar surface area (TPSA) is 72.5 Å². The third-order valence-electron chi connectivity index (χ3n) is 3.35. The average molecular weight is 314 g/mol. The number of hydrogen-bond acceptors (Lipinski definition) is 4. The molecule has 0 aromatic heterocycles. The van der Waals surface area contributed by atoms with E-state index in [1.807, 2.05) is 6.07 Å². The summed E-state index contributed by atoms with van der Waals surface area (Å²) in [4.78, 5) is 11.3. The molecule has 0 heterocycles. The second-order valence-electron chi connectivity index (χ2n) is 4.50. The lowest BCUT2D eigenvalue weighted by Crippen LogP contribution is -2.18. The number of phenols is 1. The molecule has 1 aliphatic carbocycles. The lowest BCUT2D eigenvalue weighted by Gasteiger charge is -2.18. The third kappa shape index (κ3) is 2.37. The second-order valence-corrected chi connectivity index (χ2v) is 5.35. The Bertz CT molecular complexity index is 488. The van der Waals surface area contributed by atoms with Crippen LogP contribution in [0.25, 0.3) is 0 Å². The van der Waals surface area contributed by atoms with E-state index in [4.69, 9.17) is 5.73 Å². The smallest absolute Gasteiger partial charge is 0.307 e. The summed E-state index contributed by atoms with van der Waals surface area (Å²) >= 11 is 3.33. The van der Waals surface area contributed by atoms with Crippen LogP contribution in [-0.2, 0) is 22.4 Å². The maximum atomic E-state index is 11.3. The van der Waals surface area contributed by atoms with Crippen LogP contribution in [0.15, 0.2) is 10.5 Å². The van der Waals surface area contributed by atoms with Crippen molar-refractivity contribution < 1.29 is 14.6 Å². The molecule has 0 bridgehead atoms. The fraction of sp³-hybridized carbons (Fsp3) is 0.462. The fourth-order valence-electron chi connectivity index (χ4n) is 2.49. The van der Waals surface area contributed by atoms with Crippen molar-refractivity contribution in [2.75, 3.05) is 7.11 Å². The largest absolute Gasteiger partial charge is 0.506 e. The number of fused-ring (bicyclic) bond motifs is 1. The normalized spacial score (nSPS) is 15.3. The molecule has 18 heavy (non-hydrogen) atoms. The highest BCUT2D eigenvalue weighted by Crippen LogP contribution is 2.40. The van der Waals surface area contributed by atoms with Crippen molar-refractivity contribution in [3.05, 3.63) is 27.2 Å². The van der Waals surface area contributed by atoms with Gasteiger partial charge in [-0.25, -0.2) is 0 Å². The van der Waals surface area contributed by atoms with E-state index in [2.05, 4.69) is 20.7 Å². The number of esters is 1. The van der Waals surface area contributed by atoms with E-state index in [9.17, 15) is 9.90 Å². The summed E-state index contributed by atoms with van der Waals surface area (Å²) in [5.74, 6) is -0.222. The van der Waals surface area contributed by atoms with Gasteiger partial charge in [0.15, 0.2) is 0 Å². The predicted octanol–water partition coefficient (Wildman–Crippen LogP) is 2.21. The van der Waals surface area contributed by atoms with Crippen LogP contribution < -0.4 is 5.73 Å². The number of phenolic OH excluding ortho intramolecular Hbond substituents is 1. The molecule has 1 atom stereocenters. The van der Waals surface area contributed by atoms with Gasteiger partial charge < -0.3 is 15.6 Å². The van der Waals surface area contributed by atoms with Crippen LogP contribution in [0.2, 0.25) is 0 Å². The highest BCUT2D eigenvalue weighted by molar-refractivity contribution is 9.10. The number of nitrogens with two attached hydrogens (primary N) is 1. The first-order valence-electron chi connectivity index (χ1n) is 5.90. The lowest BCUT2D eigenvalue weighted by atomic mass is 9.95. The highest BCUT2D eigenvalue weighted by atomic mass is 79.9. The molecule has 0 aliphatic heterocycles. The maximum absolute atomic E-state index is 11.3. The standard InChI is InChI=1S/C13H16BrNO3/c1-18-11(16)6-10(15)12-8-4-2-3-7(8)5-9(14)13(12)17/h5,10,17H,2-4,6,15H2,1H3/t10-/m0/s1. The van der Waals surface area contributed by atoms with Gasteiger partial charge in [0.1, 0.15) is 5.75 Å². The molecule has 0 spiro atoms. The summed E-state index contributed by atoms with van der Waals surface area (Å²) in [6.45, 7) is 0. The number of aryl methyl sites for hydroxylation is 1. The molecule has 0 amide bonds. The summed E-state index contributed by atoms with van der Waals surface area (Å²) in [5, 5.41) is 10.1. The van der Waals surface area contributed by atoms with E-state index >= 15 is 0 Å². The summed E-state index contributed by atoms with van der Waals surface area (Å²) in [5.41, 5.74) is 9.01. The van der Waals surface area contributed by atoms with Crippen molar-refractivity contribution in [2.24, 2.45) is 5.73 Å². The van der Waals surface area contributed by atoms with Gasteiger partial charge in [-0.3, -0.25) is 4.79 Å². The van der Waals surface area contributed by atoms with Crippen molar-refractivity contribution in [3.8, 4) is 5.75 Å². The van der Waals surface area contributed by atoms with Crippen LogP contribution in [0.1, 0.15) is 35.6 Å². The molecule has 1 aromatic carbocycles. The summed E-state index contributed by atoms with van der Waals surface area (Å²) in [7, 11) is 1.33. The summed E-state index contributed by atoms with van der Waals surface area (Å²) in [6, 6.07) is 1.41. The van der Waals surface area contributed by atoms with E-state index in [0.29, 0.717) is 10.0 Å². The Morgan fingerprint density at radius 3 is 3.00 bits per heavy atom. The van der Waals surface area contributed by atoms with Crippen LogP contribution in [0.5, 0.6) is 5.75 Å². The molecule has 0 saturated carbocycles. The second kappa shape index (κ2) is 5.28. The first kappa shape index (κ1) is 13.4. The predicted molar refractivity (Wildman–Crippen MR) is 71.4 cm³/mol. The Morgan fingerprint density at radius 1 is 1.61 bits per heavy atom. The van der Waals surface area contributed by atoms with E-state index in [1.54, 1.807) is 0 Å². The van der Waals surface area contributed by atoms with Gasteiger partial charge in [-0.2, -0.15) is 0 Å². The minimum Gasteiger partial charge on any atom is -0.506 e. The maximum Gasteiger partial charge on any atom is 0.307 e. The Kier molecular flexibility index (Phi) is 3.92. The Labute approximate surface area is 114 Å². The first-order chi connectivity index (χ1) is 8.54. The number of aromatic hydroxyl groups is 1. The number of benzene rings is 1. The Morgan fingerprint density at radius 2 is 2.33 bits per heavy atom. The molecule has 98 valence electrons. The molecule has 5 heteroatoms. The molecule has 0 unspecified atom stereocenters. The van der Waals surface area contributed by atoms with E-state index in [0.717, 1.165) is 24.8 Å². The number of methoxy groups -OCH3 is 1. The van der Waals surface area contributed by atoms with Crippen molar-refractivity contribution >= 4 is 21.9 Å². The molecule has 1 aliphatic rings. The summed E-state index contributed by atoms with van der Waals surface area (Å²) in [6.07, 6.45) is 3.03. The molecule has 1 aromatic rings. The van der Waals surface area contributed by atoms with Crippen LogP contribution in [-0.4, -0.2) is 18.2 Å². The van der Waals surface area contributed by atoms with Crippen molar-refractivity contribution in [1.29, 1.82) is 0 Å². The number of rotatable bonds is 3. The zero-order valence-electron chi connectivity index (χ0n) is 10.2. The minimum absolute atomic E-state index is 0.0763. The number of carbonyl (C=O) groups excluding carboxylic acids is 1. The molecule has 4 nitrogen and oxygen atoms in total. The monoisotopic (exact) mass is 313 g/mol. The Balaban J connectivity index is 2.40. The van der Waals surface area contributed by atoms with Gasteiger partial charge in [0.25, 0.3) is 0 Å². The van der Waals surface area contributed by atoms with Gasteiger partial charge in [-0.1, -0.05) is 0 Å². The quantitative estimate of drug-likeness (QED) is 0.839. The number of hydrogen-bond donors (Lipinski definition) is 2. The molecular formula is C13H16BrNO3. The van der Waals surface area contributed by atoms with E-state index in [1.165, 1.54) is 12.7 Å². The van der Waals surface area contributed by atoms with Gasteiger partial charge in [-0.15, -0.1) is 0 Å². The molecule has 0 radical (unpaired) electrons. The highest BCUT2D eigenvalue weighted by Gasteiger charge is 2.25. The van der Waals surface area contributed by atoms with Gasteiger partial charge >= 0.3 is 5.97 Å². The van der Waals surface area contributed by atoms with Crippen molar-refractivity contribution in [1.82, 2.24) is 0 Å². The fourth-order valence-corrected chi connectivity index (χ4v) is 2.98. The lowest BCUT2D eigenvalue weighted by molar-refractivity contribution is -0.141. The number of ether oxygens (including phenoxy) is 1. The molecular weight excluding hydrogens is 298 g/mol. The van der Waals surface area contributed by atoms with Crippen LogP contribution in [0, 0.1) is 0 Å². The number of halogens is 1. The van der Waals surface area contributed by atoms with Crippen molar-refractivity contribution in [3.63, 3.8) is 0 Å². The van der Waals surface area contributed by atoms with Crippen molar-refractivity contribution in [2.45, 2.75) is 31.7 Å². The van der Waals surface area contributed by atoms with Gasteiger partial charge in [0.2, 0.25) is 0 Å². The third-order valence-corrected chi connectivity index (χ3v) is 3.96. The van der Waals surface area contributed by atoms with E-state index < -0.39 is 6.04 Å². The van der Waals surface area contributed by atoms with Crippen LogP contribution in [0.4, 0.5) is 0 Å². The van der Waals surface area contributed by atoms with Crippen LogP contribution >= 0.6 is 15.9 Å². The molecule has 3 N–H and O–H groups in total. The molecule has 2 rings (SSSR count). The van der Waals surface area contributed by atoms with Gasteiger partial charge in [-0.05, 0) is 52.4 Å². The zero-order valence-corrected chi connectivity index (χ0v) is 11.8. The SMILES string of the molecule is COC(=O)C[C@H](N)c1c(O)c(Br)cc2c1CCC2. The molecule has 0 fully saturated rings. The average Bonchev–Trinajstić information content (AvgIpc) is 2.77. The minimum atomic E-state index is -0.526. The molecule has 0 saturated heterocycles. The first-order valence-corrected chi connectivity index (χ1v) is 6.69. The summed E-state index contributed by atoms with van der Waals surface area (Å²) < 4.78 is 5.26. The Hall–Kier alpha value is -1.07. The number of carbonyl (C=O) groups is 1. The zero-order chi connectivity index (χ0) is 13.3.